The van der Waals surface area contributed by atoms with Crippen LogP contribution in [0.5, 0.6) is 0 Å². The molecule has 88 valence electrons. The number of hydrogen-bond acceptors (Lipinski definition) is 1. The van der Waals surface area contributed by atoms with Gasteiger partial charge < -0.3 is 0 Å². The lowest BCUT2D eigenvalue weighted by Gasteiger charge is -2.12. The molecule has 0 fully saturated rings. The van der Waals surface area contributed by atoms with E-state index in [2.05, 4.69) is 46.3 Å². The third-order valence-corrected chi connectivity index (χ3v) is 3.57. The minimum atomic E-state index is 1.17. The van der Waals surface area contributed by atoms with E-state index in [1.165, 1.54) is 55.5 Å². The molecule has 0 atom stereocenters. The largest absolute Gasteiger partial charge is 0.238 e. The van der Waals surface area contributed by atoms with Gasteiger partial charge in [-0.25, -0.2) is 4.68 Å². The standard InChI is InChI=1S/C15H18N2/c1-2-7-11-15-13(8-4-1)12-16-17(15)14-9-5-3-6-10-14/h3,5-6,9-10,12H,1-2,4,7-8,11H2. The molecular formula is C15H18N2. The Hall–Kier alpha value is -1.57. The van der Waals surface area contributed by atoms with E-state index in [4.69, 9.17) is 0 Å². The van der Waals surface area contributed by atoms with Gasteiger partial charge in [0.2, 0.25) is 0 Å². The molecule has 0 amide bonds. The molecule has 2 heteroatoms. The summed E-state index contributed by atoms with van der Waals surface area (Å²) in [5.41, 5.74) is 4.07. The Morgan fingerprint density at radius 3 is 2.47 bits per heavy atom. The summed E-state index contributed by atoms with van der Waals surface area (Å²) in [6.07, 6.45) is 9.77. The lowest BCUT2D eigenvalue weighted by molar-refractivity contribution is 0.603. The van der Waals surface area contributed by atoms with Crippen LogP contribution in [0.4, 0.5) is 0 Å². The van der Waals surface area contributed by atoms with Crippen molar-refractivity contribution in [3.63, 3.8) is 0 Å². The molecule has 1 aromatic heterocycles. The summed E-state index contributed by atoms with van der Waals surface area (Å²) in [6, 6.07) is 10.5. The van der Waals surface area contributed by atoms with E-state index in [9.17, 15) is 0 Å². The van der Waals surface area contributed by atoms with Gasteiger partial charge in [-0.15, -0.1) is 0 Å². The van der Waals surface area contributed by atoms with E-state index in [1.807, 2.05) is 0 Å². The quantitative estimate of drug-likeness (QED) is 0.727. The molecule has 0 unspecified atom stereocenters. The number of nitrogens with zero attached hydrogens (tertiary/aromatic N) is 2. The second-order valence-electron chi connectivity index (χ2n) is 4.78. The Kier molecular flexibility index (Phi) is 2.95. The van der Waals surface area contributed by atoms with Gasteiger partial charge in [0.1, 0.15) is 0 Å². The molecule has 0 spiro atoms. The minimum Gasteiger partial charge on any atom is -0.238 e. The number of hydrogen-bond donors (Lipinski definition) is 0. The number of aryl methyl sites for hydroxylation is 1. The first kappa shape index (κ1) is 10.6. The minimum absolute atomic E-state index is 1.17. The van der Waals surface area contributed by atoms with Crippen LogP contribution in [0.3, 0.4) is 0 Å². The van der Waals surface area contributed by atoms with E-state index < -0.39 is 0 Å². The number of para-hydroxylation sites is 1. The Labute approximate surface area is 102 Å². The zero-order valence-electron chi connectivity index (χ0n) is 10.1. The fraction of sp³-hybridized carbons (Fsp3) is 0.400. The maximum atomic E-state index is 4.57. The van der Waals surface area contributed by atoms with Crippen LogP contribution in [0.2, 0.25) is 0 Å². The molecule has 17 heavy (non-hydrogen) atoms. The number of benzene rings is 1. The predicted molar refractivity (Wildman–Crippen MR) is 69.4 cm³/mol. The van der Waals surface area contributed by atoms with Crippen molar-refractivity contribution in [2.75, 3.05) is 0 Å². The maximum absolute atomic E-state index is 4.57. The van der Waals surface area contributed by atoms with Gasteiger partial charge in [0.05, 0.1) is 11.9 Å². The van der Waals surface area contributed by atoms with Crippen molar-refractivity contribution in [3.05, 3.63) is 47.8 Å². The lowest BCUT2D eigenvalue weighted by Crippen LogP contribution is -2.05. The van der Waals surface area contributed by atoms with Crippen molar-refractivity contribution in [1.29, 1.82) is 0 Å². The number of aromatic nitrogens is 2. The molecule has 1 aliphatic carbocycles. The van der Waals surface area contributed by atoms with Crippen LogP contribution in [0.15, 0.2) is 36.5 Å². The highest BCUT2D eigenvalue weighted by Gasteiger charge is 2.13. The SMILES string of the molecule is c1ccc(-n2ncc3c2CCCCCC3)cc1. The van der Waals surface area contributed by atoms with E-state index >= 15 is 0 Å². The van der Waals surface area contributed by atoms with Crippen molar-refractivity contribution in [2.24, 2.45) is 0 Å². The highest BCUT2D eigenvalue weighted by molar-refractivity contribution is 5.35. The zero-order valence-corrected chi connectivity index (χ0v) is 10.1. The summed E-state index contributed by atoms with van der Waals surface area (Å²) >= 11 is 0. The maximum Gasteiger partial charge on any atom is 0.0648 e. The molecule has 1 aliphatic rings. The topological polar surface area (TPSA) is 17.8 Å². The average Bonchev–Trinajstić information content (AvgIpc) is 2.72. The second kappa shape index (κ2) is 4.74. The van der Waals surface area contributed by atoms with Crippen LogP contribution in [0.25, 0.3) is 5.69 Å². The fourth-order valence-corrected chi connectivity index (χ4v) is 2.64. The molecule has 0 radical (unpaired) electrons. The summed E-state index contributed by atoms with van der Waals surface area (Å²) < 4.78 is 2.13. The van der Waals surface area contributed by atoms with Gasteiger partial charge in [-0.1, -0.05) is 31.0 Å². The molecule has 0 saturated carbocycles. The summed E-state index contributed by atoms with van der Waals surface area (Å²) in [5.74, 6) is 0. The van der Waals surface area contributed by atoms with Gasteiger partial charge in [-0.05, 0) is 43.4 Å². The molecule has 1 heterocycles. The summed E-state index contributed by atoms with van der Waals surface area (Å²) in [4.78, 5) is 0. The van der Waals surface area contributed by atoms with Crippen molar-refractivity contribution in [1.82, 2.24) is 9.78 Å². The zero-order chi connectivity index (χ0) is 11.5. The van der Waals surface area contributed by atoms with Crippen molar-refractivity contribution < 1.29 is 0 Å². The third-order valence-electron chi connectivity index (χ3n) is 3.57. The highest BCUT2D eigenvalue weighted by Crippen LogP contribution is 2.22. The molecule has 0 aliphatic heterocycles. The third kappa shape index (κ3) is 2.12. The van der Waals surface area contributed by atoms with Crippen molar-refractivity contribution >= 4 is 0 Å². The average molecular weight is 226 g/mol. The van der Waals surface area contributed by atoms with E-state index in [0.717, 1.165) is 0 Å². The van der Waals surface area contributed by atoms with Gasteiger partial charge in [-0.2, -0.15) is 5.10 Å². The van der Waals surface area contributed by atoms with E-state index in [0.29, 0.717) is 0 Å². The van der Waals surface area contributed by atoms with Gasteiger partial charge in [0.15, 0.2) is 0 Å². The number of fused-ring (bicyclic) bond motifs is 1. The number of rotatable bonds is 1. The van der Waals surface area contributed by atoms with Crippen LogP contribution in [0, 0.1) is 0 Å². The summed E-state index contributed by atoms with van der Waals surface area (Å²) in [5, 5.41) is 4.57. The van der Waals surface area contributed by atoms with Crippen LogP contribution < -0.4 is 0 Å². The molecule has 0 N–H and O–H groups in total. The highest BCUT2D eigenvalue weighted by atomic mass is 15.3. The molecule has 2 aromatic rings. The fourth-order valence-electron chi connectivity index (χ4n) is 2.64. The van der Waals surface area contributed by atoms with Gasteiger partial charge >= 0.3 is 0 Å². The van der Waals surface area contributed by atoms with Crippen LogP contribution in [-0.4, -0.2) is 9.78 Å². The smallest absolute Gasteiger partial charge is 0.0648 e. The first-order valence-electron chi connectivity index (χ1n) is 6.56. The first-order valence-corrected chi connectivity index (χ1v) is 6.56. The van der Waals surface area contributed by atoms with Gasteiger partial charge in [0.25, 0.3) is 0 Å². The second-order valence-corrected chi connectivity index (χ2v) is 4.78. The summed E-state index contributed by atoms with van der Waals surface area (Å²) in [6.45, 7) is 0. The van der Waals surface area contributed by atoms with E-state index in [-0.39, 0.29) is 0 Å². The van der Waals surface area contributed by atoms with Crippen LogP contribution >= 0.6 is 0 Å². The first-order chi connectivity index (χ1) is 8.45. The van der Waals surface area contributed by atoms with Crippen LogP contribution in [-0.2, 0) is 12.8 Å². The van der Waals surface area contributed by atoms with Gasteiger partial charge in [0, 0.05) is 5.69 Å². The predicted octanol–water partition coefficient (Wildman–Crippen LogP) is 3.53. The normalized spacial score (nSPS) is 16.0. The molecule has 0 saturated heterocycles. The Bertz CT molecular complexity index is 485. The van der Waals surface area contributed by atoms with Gasteiger partial charge in [-0.3, -0.25) is 0 Å². The lowest BCUT2D eigenvalue weighted by atomic mass is 9.99. The van der Waals surface area contributed by atoms with Crippen LogP contribution in [0.1, 0.15) is 36.9 Å². The molecular weight excluding hydrogens is 208 g/mol. The van der Waals surface area contributed by atoms with Crippen molar-refractivity contribution in [3.8, 4) is 5.69 Å². The molecule has 3 rings (SSSR count). The van der Waals surface area contributed by atoms with E-state index in [1.54, 1.807) is 0 Å². The molecule has 0 bridgehead atoms. The Morgan fingerprint density at radius 1 is 0.882 bits per heavy atom. The molecule has 2 nitrogen and oxygen atoms in total. The summed E-state index contributed by atoms with van der Waals surface area (Å²) in [7, 11) is 0. The Morgan fingerprint density at radius 2 is 1.65 bits per heavy atom. The van der Waals surface area contributed by atoms with Crippen molar-refractivity contribution in [2.45, 2.75) is 38.5 Å². The monoisotopic (exact) mass is 226 g/mol. The molecule has 1 aromatic carbocycles. The Balaban J connectivity index is 2.01.